The van der Waals surface area contributed by atoms with Gasteiger partial charge in [-0.25, -0.2) is 0 Å². The number of hydrogen-bond donors (Lipinski definition) is 0. The average molecular weight is 372 g/mol. The summed E-state index contributed by atoms with van der Waals surface area (Å²) in [5.74, 6) is 0.468. The Morgan fingerprint density at radius 3 is 2.62 bits per heavy atom. The summed E-state index contributed by atoms with van der Waals surface area (Å²) in [6.07, 6.45) is 7.95. The van der Waals surface area contributed by atoms with E-state index in [0.29, 0.717) is 5.92 Å². The number of rotatable bonds is 2. The first-order chi connectivity index (χ1) is 14.4. The molecule has 0 saturated carbocycles. The number of aryl methyl sites for hydroxylation is 1. The van der Waals surface area contributed by atoms with Crippen LogP contribution in [0.2, 0.25) is 0 Å². The molecular formula is C28H22N. The number of benzene rings is 4. The number of aromatic nitrogens is 1. The van der Waals surface area contributed by atoms with Gasteiger partial charge < -0.3 is 0 Å². The molecule has 139 valence electrons. The van der Waals surface area contributed by atoms with Gasteiger partial charge in [0, 0.05) is 11.6 Å². The van der Waals surface area contributed by atoms with Gasteiger partial charge in [-0.3, -0.25) is 4.98 Å². The Balaban J connectivity index is 1.44. The summed E-state index contributed by atoms with van der Waals surface area (Å²) in [5, 5.41) is 6.70. The van der Waals surface area contributed by atoms with E-state index in [-0.39, 0.29) is 0 Å². The molecule has 1 heterocycles. The molecule has 1 aliphatic carbocycles. The van der Waals surface area contributed by atoms with Gasteiger partial charge in [0.25, 0.3) is 0 Å². The lowest BCUT2D eigenvalue weighted by Crippen LogP contribution is -2.11. The van der Waals surface area contributed by atoms with Crippen LogP contribution in [0.5, 0.6) is 0 Å². The van der Waals surface area contributed by atoms with Gasteiger partial charge in [0.2, 0.25) is 0 Å². The van der Waals surface area contributed by atoms with E-state index in [2.05, 4.69) is 84.2 Å². The first kappa shape index (κ1) is 16.7. The van der Waals surface area contributed by atoms with Crippen molar-refractivity contribution < 1.29 is 0 Å². The van der Waals surface area contributed by atoms with Crippen molar-refractivity contribution in [2.24, 2.45) is 0 Å². The molecule has 1 nitrogen and oxygen atoms in total. The lowest BCUT2D eigenvalue weighted by Gasteiger charge is -2.27. The maximum atomic E-state index is 4.53. The van der Waals surface area contributed by atoms with E-state index >= 15 is 0 Å². The van der Waals surface area contributed by atoms with Crippen LogP contribution < -0.4 is 0 Å². The normalized spacial score (nSPS) is 16.3. The first-order valence-electron chi connectivity index (χ1n) is 10.5. The minimum absolute atomic E-state index is 0.468. The molecule has 0 bridgehead atoms. The van der Waals surface area contributed by atoms with Crippen LogP contribution in [0.1, 0.15) is 35.4 Å². The first-order valence-corrected chi connectivity index (χ1v) is 10.5. The third-order valence-corrected chi connectivity index (χ3v) is 6.44. The van der Waals surface area contributed by atoms with Crippen LogP contribution in [0.25, 0.3) is 32.4 Å². The molecule has 0 saturated heterocycles. The predicted molar refractivity (Wildman–Crippen MR) is 122 cm³/mol. The summed E-state index contributed by atoms with van der Waals surface area (Å²) in [6.45, 7) is 0. The van der Waals surface area contributed by atoms with Crippen molar-refractivity contribution in [1.29, 1.82) is 0 Å². The zero-order chi connectivity index (χ0) is 19.2. The molecule has 0 aliphatic heterocycles. The van der Waals surface area contributed by atoms with Gasteiger partial charge in [-0.05, 0) is 82.0 Å². The van der Waals surface area contributed by atoms with Crippen LogP contribution in [0, 0.1) is 6.42 Å². The van der Waals surface area contributed by atoms with E-state index in [4.69, 9.17) is 0 Å². The van der Waals surface area contributed by atoms with Crippen molar-refractivity contribution in [1.82, 2.24) is 4.98 Å². The molecule has 0 N–H and O–H groups in total. The summed E-state index contributed by atoms with van der Waals surface area (Å²) < 4.78 is 0. The molecule has 0 fully saturated rings. The molecule has 1 heteroatoms. The van der Waals surface area contributed by atoms with Crippen molar-refractivity contribution in [2.45, 2.75) is 25.2 Å². The molecule has 4 aromatic carbocycles. The van der Waals surface area contributed by atoms with Crippen LogP contribution >= 0.6 is 0 Å². The van der Waals surface area contributed by atoms with Gasteiger partial charge in [0.15, 0.2) is 0 Å². The molecule has 1 aliphatic rings. The molecular weight excluding hydrogens is 350 g/mol. The third-order valence-electron chi connectivity index (χ3n) is 6.44. The highest BCUT2D eigenvalue weighted by Gasteiger charge is 2.23. The molecule has 1 radical (unpaired) electrons. The van der Waals surface area contributed by atoms with Crippen LogP contribution in [0.4, 0.5) is 0 Å². The fourth-order valence-corrected chi connectivity index (χ4v) is 5.04. The lowest BCUT2D eigenvalue weighted by molar-refractivity contribution is 0.612. The minimum Gasteiger partial charge on any atom is -0.256 e. The van der Waals surface area contributed by atoms with Crippen LogP contribution in [-0.4, -0.2) is 4.98 Å². The number of fused-ring (bicyclic) bond motifs is 6. The highest BCUT2D eigenvalue weighted by molar-refractivity contribution is 6.08. The fraction of sp³-hybridized carbons (Fsp3) is 0.143. The van der Waals surface area contributed by atoms with Crippen molar-refractivity contribution in [3.63, 3.8) is 0 Å². The summed E-state index contributed by atoms with van der Waals surface area (Å²) in [7, 11) is 0. The second kappa shape index (κ2) is 6.70. The van der Waals surface area contributed by atoms with Crippen LogP contribution in [0.15, 0.2) is 85.1 Å². The van der Waals surface area contributed by atoms with E-state index in [9.17, 15) is 0 Å². The smallest absolute Gasteiger partial charge is 0.0704 e. The highest BCUT2D eigenvalue weighted by Crippen LogP contribution is 2.40. The molecule has 1 atom stereocenters. The van der Waals surface area contributed by atoms with Gasteiger partial charge in [-0.15, -0.1) is 0 Å². The van der Waals surface area contributed by atoms with Crippen molar-refractivity contribution >= 4 is 32.4 Å². The summed E-state index contributed by atoms with van der Waals surface area (Å²) in [6, 6.07) is 28.8. The quantitative estimate of drug-likeness (QED) is 0.298. The van der Waals surface area contributed by atoms with E-state index in [1.807, 2.05) is 12.3 Å². The van der Waals surface area contributed by atoms with E-state index in [1.165, 1.54) is 57.3 Å². The zero-order valence-corrected chi connectivity index (χ0v) is 16.3. The third kappa shape index (κ3) is 2.81. The molecule has 0 amide bonds. The second-order valence-electron chi connectivity index (χ2n) is 8.14. The topological polar surface area (TPSA) is 12.9 Å². The maximum absolute atomic E-state index is 4.53. The van der Waals surface area contributed by atoms with E-state index in [1.54, 1.807) is 5.56 Å². The molecule has 1 aromatic heterocycles. The van der Waals surface area contributed by atoms with Crippen LogP contribution in [-0.2, 0) is 6.42 Å². The highest BCUT2D eigenvalue weighted by atomic mass is 14.6. The number of hydrogen-bond acceptors (Lipinski definition) is 1. The lowest BCUT2D eigenvalue weighted by atomic mass is 9.77. The Hall–Kier alpha value is -3.19. The molecule has 5 aromatic rings. The zero-order valence-electron chi connectivity index (χ0n) is 16.3. The number of nitrogens with zero attached hydrogens (tertiary/aromatic N) is 1. The van der Waals surface area contributed by atoms with Gasteiger partial charge >= 0.3 is 0 Å². The Labute approximate surface area is 171 Å². The second-order valence-corrected chi connectivity index (χ2v) is 8.14. The predicted octanol–water partition coefficient (Wildman–Crippen LogP) is 7.21. The Morgan fingerprint density at radius 1 is 0.759 bits per heavy atom. The van der Waals surface area contributed by atoms with Gasteiger partial charge in [0.1, 0.15) is 0 Å². The Kier molecular flexibility index (Phi) is 3.87. The van der Waals surface area contributed by atoms with Gasteiger partial charge in [-0.2, -0.15) is 0 Å². The van der Waals surface area contributed by atoms with E-state index in [0.717, 1.165) is 5.52 Å². The molecule has 0 spiro atoms. The van der Waals surface area contributed by atoms with Crippen LogP contribution in [0.3, 0.4) is 0 Å². The molecule has 29 heavy (non-hydrogen) atoms. The Bertz CT molecular complexity index is 1370. The van der Waals surface area contributed by atoms with E-state index < -0.39 is 0 Å². The fourth-order valence-electron chi connectivity index (χ4n) is 5.04. The Morgan fingerprint density at radius 2 is 1.62 bits per heavy atom. The number of pyridine rings is 1. The summed E-state index contributed by atoms with van der Waals surface area (Å²) >= 11 is 0. The summed E-state index contributed by atoms with van der Waals surface area (Å²) in [4.78, 5) is 4.53. The monoisotopic (exact) mass is 372 g/mol. The van der Waals surface area contributed by atoms with Gasteiger partial charge in [-0.1, -0.05) is 66.7 Å². The standard InChI is InChI=1S/C28H22N/c1-2-8-23-20(5-1)12-13-27-25-9-3-6-22(24(25)14-15-26(23)27)17-19-10-11-21-7-4-16-29-28(21)18-19/h1-2,4-5,7-8,10-18,22H,3,6,9H2. The molecule has 1 unspecified atom stereocenters. The molecule has 6 rings (SSSR count). The summed E-state index contributed by atoms with van der Waals surface area (Å²) in [5.41, 5.74) is 5.38. The average Bonchev–Trinajstić information content (AvgIpc) is 2.79. The SMILES string of the molecule is [CH](c1ccc2cccnc2c1)C1CCCc2c1ccc1c2ccc2ccccc21. The van der Waals surface area contributed by atoms with Crippen molar-refractivity contribution in [3.05, 3.63) is 108 Å². The van der Waals surface area contributed by atoms with Crippen molar-refractivity contribution in [3.8, 4) is 0 Å². The van der Waals surface area contributed by atoms with Gasteiger partial charge in [0.05, 0.1) is 5.52 Å². The maximum Gasteiger partial charge on any atom is 0.0704 e. The largest absolute Gasteiger partial charge is 0.256 e. The minimum atomic E-state index is 0.468. The van der Waals surface area contributed by atoms with Crippen molar-refractivity contribution in [2.75, 3.05) is 0 Å².